The summed E-state index contributed by atoms with van der Waals surface area (Å²) < 4.78 is 42.9. The van der Waals surface area contributed by atoms with Crippen LogP contribution >= 0.6 is 0 Å². The van der Waals surface area contributed by atoms with E-state index in [2.05, 4.69) is 9.72 Å². The summed E-state index contributed by atoms with van der Waals surface area (Å²) in [5, 5.41) is 9.85. The lowest BCUT2D eigenvalue weighted by Crippen LogP contribution is -2.17. The minimum atomic E-state index is -4.82. The number of carbonyl (C=O) groups is 1. The number of hydrogen-bond acceptors (Lipinski definition) is 3. The first kappa shape index (κ1) is 17.8. The minimum absolute atomic E-state index is 0.0319. The van der Waals surface area contributed by atoms with E-state index >= 15 is 0 Å². The Morgan fingerprint density at radius 2 is 1.96 bits per heavy atom. The van der Waals surface area contributed by atoms with Gasteiger partial charge in [0.1, 0.15) is 11.4 Å². The molecule has 0 spiro atoms. The number of hydrogen-bond donors (Lipinski definition) is 1. The number of ether oxygens (including phenoxy) is 1. The molecule has 136 valence electrons. The summed E-state index contributed by atoms with van der Waals surface area (Å²) in [6.45, 7) is 3.69. The Morgan fingerprint density at radius 1 is 1.23 bits per heavy atom. The number of rotatable bonds is 4. The monoisotopic (exact) mass is 364 g/mol. The van der Waals surface area contributed by atoms with Gasteiger partial charge >= 0.3 is 12.3 Å². The average molecular weight is 364 g/mol. The van der Waals surface area contributed by atoms with Crippen LogP contribution in [0.2, 0.25) is 0 Å². The number of aryl methyl sites for hydroxylation is 2. The Hall–Kier alpha value is -3.03. The molecular formula is C18H15F3N2O3. The summed E-state index contributed by atoms with van der Waals surface area (Å²) in [5.41, 5.74) is 2.60. The Kier molecular flexibility index (Phi) is 4.35. The minimum Gasteiger partial charge on any atom is -0.477 e. The third kappa shape index (κ3) is 3.63. The first-order chi connectivity index (χ1) is 12.1. The number of carboxylic acid groups (broad SMARTS) is 1. The maximum atomic E-state index is 12.5. The molecule has 0 atom stereocenters. The number of pyridine rings is 1. The van der Waals surface area contributed by atoms with Crippen molar-refractivity contribution in [1.29, 1.82) is 0 Å². The van der Waals surface area contributed by atoms with Gasteiger partial charge in [0.2, 0.25) is 0 Å². The van der Waals surface area contributed by atoms with Gasteiger partial charge in [0, 0.05) is 11.6 Å². The molecule has 2 heterocycles. The lowest BCUT2D eigenvalue weighted by atomic mass is 10.1. The van der Waals surface area contributed by atoms with E-state index in [4.69, 9.17) is 0 Å². The summed E-state index contributed by atoms with van der Waals surface area (Å²) >= 11 is 0. The summed E-state index contributed by atoms with van der Waals surface area (Å²) in [6, 6.07) is 7.41. The normalized spacial score (nSPS) is 11.7. The van der Waals surface area contributed by atoms with Crippen LogP contribution in [0.4, 0.5) is 13.2 Å². The lowest BCUT2D eigenvalue weighted by Gasteiger charge is -2.13. The van der Waals surface area contributed by atoms with Gasteiger partial charge in [-0.05, 0) is 55.3 Å². The number of aromatic nitrogens is 2. The highest BCUT2D eigenvalue weighted by molar-refractivity contribution is 5.96. The van der Waals surface area contributed by atoms with Crippen LogP contribution in [0.15, 0.2) is 36.5 Å². The molecule has 0 fully saturated rings. The molecule has 1 aromatic carbocycles. The van der Waals surface area contributed by atoms with Crippen molar-refractivity contribution in [2.45, 2.75) is 26.8 Å². The van der Waals surface area contributed by atoms with E-state index in [1.54, 1.807) is 13.1 Å². The molecule has 5 nitrogen and oxygen atoms in total. The summed E-state index contributed by atoms with van der Waals surface area (Å²) in [7, 11) is 0. The predicted molar refractivity (Wildman–Crippen MR) is 88.4 cm³/mol. The fourth-order valence-electron chi connectivity index (χ4n) is 2.98. The zero-order chi connectivity index (χ0) is 19.1. The van der Waals surface area contributed by atoms with Gasteiger partial charge in [-0.3, -0.25) is 4.98 Å². The van der Waals surface area contributed by atoms with E-state index < -0.39 is 12.3 Å². The molecule has 3 aromatic rings. The molecule has 0 aliphatic carbocycles. The van der Waals surface area contributed by atoms with Crippen LogP contribution < -0.4 is 4.74 Å². The molecule has 1 N–H and O–H groups in total. The molecule has 0 aliphatic rings. The molecule has 0 amide bonds. The SMILES string of the molecule is Cc1ccnc(Cn2c(C(=O)O)cc3cc(OC(F)(F)F)cc(C)c32)c1. The number of nitrogens with zero attached hydrogens (tertiary/aromatic N) is 2. The van der Waals surface area contributed by atoms with Crippen molar-refractivity contribution in [3.8, 4) is 5.75 Å². The fourth-order valence-corrected chi connectivity index (χ4v) is 2.98. The van der Waals surface area contributed by atoms with Gasteiger partial charge in [0.15, 0.2) is 0 Å². The number of benzene rings is 1. The van der Waals surface area contributed by atoms with Crippen molar-refractivity contribution < 1.29 is 27.8 Å². The van der Waals surface area contributed by atoms with Crippen LogP contribution in [0.3, 0.4) is 0 Å². The van der Waals surface area contributed by atoms with Crippen LogP contribution in [-0.2, 0) is 6.54 Å². The predicted octanol–water partition coefficient (Wildman–Crippen LogP) is 4.30. The van der Waals surface area contributed by atoms with Gasteiger partial charge < -0.3 is 14.4 Å². The van der Waals surface area contributed by atoms with Gasteiger partial charge in [-0.25, -0.2) is 4.79 Å². The highest BCUT2D eigenvalue weighted by Crippen LogP contribution is 2.31. The van der Waals surface area contributed by atoms with Gasteiger partial charge in [0.05, 0.1) is 17.8 Å². The molecule has 0 bridgehead atoms. The van der Waals surface area contributed by atoms with E-state index in [9.17, 15) is 23.1 Å². The van der Waals surface area contributed by atoms with Gasteiger partial charge in [-0.2, -0.15) is 0 Å². The third-order valence-electron chi connectivity index (χ3n) is 3.90. The Balaban J connectivity index is 2.14. The van der Waals surface area contributed by atoms with Crippen molar-refractivity contribution >= 4 is 16.9 Å². The van der Waals surface area contributed by atoms with Crippen molar-refractivity contribution in [2.24, 2.45) is 0 Å². The van der Waals surface area contributed by atoms with Gasteiger partial charge in [0.25, 0.3) is 0 Å². The standard InChI is InChI=1S/C18H15F3N2O3/c1-10-3-4-22-13(5-10)9-23-15(17(24)25)8-12-7-14(26-18(19,20)21)6-11(2)16(12)23/h3-8H,9H2,1-2H3,(H,24,25). The molecule has 0 unspecified atom stereocenters. The molecule has 2 aromatic heterocycles. The fraction of sp³-hybridized carbons (Fsp3) is 0.222. The zero-order valence-electron chi connectivity index (χ0n) is 14.0. The second-order valence-electron chi connectivity index (χ2n) is 5.97. The summed E-state index contributed by atoms with van der Waals surface area (Å²) in [5.74, 6) is -1.56. The maximum absolute atomic E-state index is 12.5. The molecule has 0 aliphatic heterocycles. The van der Waals surface area contributed by atoms with Crippen LogP contribution in [0.5, 0.6) is 5.75 Å². The van der Waals surface area contributed by atoms with Crippen LogP contribution in [-0.4, -0.2) is 27.0 Å². The first-order valence-corrected chi connectivity index (χ1v) is 7.68. The molecule has 0 radical (unpaired) electrons. The molecule has 0 saturated heterocycles. The quantitative estimate of drug-likeness (QED) is 0.750. The number of carboxylic acids is 1. The second kappa shape index (κ2) is 6.36. The van der Waals surface area contributed by atoms with Crippen molar-refractivity contribution in [3.63, 3.8) is 0 Å². The Bertz CT molecular complexity index is 993. The van der Waals surface area contributed by atoms with E-state index in [0.717, 1.165) is 5.56 Å². The number of fused-ring (bicyclic) bond motifs is 1. The average Bonchev–Trinajstić information content (AvgIpc) is 2.84. The van der Waals surface area contributed by atoms with Crippen LogP contribution in [0.1, 0.15) is 27.3 Å². The zero-order valence-corrected chi connectivity index (χ0v) is 14.0. The third-order valence-corrected chi connectivity index (χ3v) is 3.90. The van der Waals surface area contributed by atoms with Gasteiger partial charge in [-0.15, -0.1) is 13.2 Å². The van der Waals surface area contributed by atoms with Crippen molar-refractivity contribution in [2.75, 3.05) is 0 Å². The lowest BCUT2D eigenvalue weighted by molar-refractivity contribution is -0.274. The van der Waals surface area contributed by atoms with E-state index in [1.807, 2.05) is 19.1 Å². The van der Waals surface area contributed by atoms with Crippen LogP contribution in [0, 0.1) is 13.8 Å². The molecular weight excluding hydrogens is 349 g/mol. The molecule has 3 rings (SSSR count). The van der Waals surface area contributed by atoms with E-state index in [-0.39, 0.29) is 18.0 Å². The Morgan fingerprint density at radius 3 is 2.58 bits per heavy atom. The number of alkyl halides is 3. The highest BCUT2D eigenvalue weighted by Gasteiger charge is 2.31. The van der Waals surface area contributed by atoms with Crippen molar-refractivity contribution in [3.05, 3.63) is 59.0 Å². The van der Waals surface area contributed by atoms with Crippen LogP contribution in [0.25, 0.3) is 10.9 Å². The largest absolute Gasteiger partial charge is 0.573 e. The van der Waals surface area contributed by atoms with E-state index in [0.29, 0.717) is 22.2 Å². The number of aromatic carboxylic acids is 1. The maximum Gasteiger partial charge on any atom is 0.573 e. The first-order valence-electron chi connectivity index (χ1n) is 7.68. The van der Waals surface area contributed by atoms with Crippen molar-refractivity contribution in [1.82, 2.24) is 9.55 Å². The molecule has 8 heteroatoms. The van der Waals surface area contributed by atoms with E-state index in [1.165, 1.54) is 22.8 Å². The second-order valence-corrected chi connectivity index (χ2v) is 5.97. The highest BCUT2D eigenvalue weighted by atomic mass is 19.4. The molecule has 0 saturated carbocycles. The summed E-state index contributed by atoms with van der Waals surface area (Å²) in [6.07, 6.45) is -3.19. The topological polar surface area (TPSA) is 64.4 Å². The Labute approximate surface area is 146 Å². The molecule has 26 heavy (non-hydrogen) atoms. The smallest absolute Gasteiger partial charge is 0.477 e. The number of halogens is 3. The van der Waals surface area contributed by atoms with Gasteiger partial charge in [-0.1, -0.05) is 0 Å². The summed E-state index contributed by atoms with van der Waals surface area (Å²) in [4.78, 5) is 15.9.